The second kappa shape index (κ2) is 5.37. The highest BCUT2D eigenvalue weighted by atomic mass is 15.3. The average Bonchev–Trinajstić information content (AvgIpc) is 3.25. The summed E-state index contributed by atoms with van der Waals surface area (Å²) in [4.78, 5) is 9.54. The molecule has 0 bridgehead atoms. The maximum atomic E-state index is 4.62. The number of aryl methyl sites for hydroxylation is 1. The number of hydrogen-bond donors (Lipinski definition) is 2. The van der Waals surface area contributed by atoms with Gasteiger partial charge in [-0.05, 0) is 20.0 Å². The molecular formula is C18H23N7. The maximum Gasteiger partial charge on any atom is 0.155 e. The Morgan fingerprint density at radius 3 is 2.80 bits per heavy atom. The van der Waals surface area contributed by atoms with Gasteiger partial charge in [-0.2, -0.15) is 10.2 Å². The minimum Gasteiger partial charge on any atom is -0.305 e. The first-order valence-electron chi connectivity index (χ1n) is 8.85. The van der Waals surface area contributed by atoms with Gasteiger partial charge in [-0.15, -0.1) is 0 Å². The van der Waals surface area contributed by atoms with Gasteiger partial charge in [-0.1, -0.05) is 18.2 Å². The normalized spacial score (nSPS) is 23.5. The Kier molecular flexibility index (Phi) is 3.23. The van der Waals surface area contributed by atoms with Crippen molar-refractivity contribution in [3.8, 4) is 0 Å². The Hall–Kier alpha value is -2.25. The highest BCUT2D eigenvalue weighted by Crippen LogP contribution is 2.48. The van der Waals surface area contributed by atoms with Crippen molar-refractivity contribution in [3.05, 3.63) is 41.6 Å². The van der Waals surface area contributed by atoms with Crippen molar-refractivity contribution in [2.75, 3.05) is 33.2 Å². The Morgan fingerprint density at radius 1 is 1.16 bits per heavy atom. The van der Waals surface area contributed by atoms with E-state index in [0.29, 0.717) is 5.92 Å². The van der Waals surface area contributed by atoms with E-state index in [-0.39, 0.29) is 5.41 Å². The van der Waals surface area contributed by atoms with Crippen LogP contribution in [0.25, 0.3) is 10.9 Å². The second-order valence-electron chi connectivity index (χ2n) is 7.76. The molecule has 2 aromatic heterocycles. The number of likely N-dealkylation sites (tertiary alicyclic amines) is 2. The third-order valence-electron chi connectivity index (χ3n) is 5.74. The van der Waals surface area contributed by atoms with Gasteiger partial charge in [0.1, 0.15) is 5.82 Å². The molecule has 2 saturated heterocycles. The molecule has 130 valence electrons. The summed E-state index contributed by atoms with van der Waals surface area (Å²) in [5, 5.41) is 16.3. The van der Waals surface area contributed by atoms with E-state index < -0.39 is 0 Å². The predicted molar refractivity (Wildman–Crippen MR) is 95.2 cm³/mol. The number of H-pyrrole nitrogens is 2. The summed E-state index contributed by atoms with van der Waals surface area (Å²) in [6.07, 6.45) is 0. The van der Waals surface area contributed by atoms with E-state index >= 15 is 0 Å². The fourth-order valence-corrected chi connectivity index (χ4v) is 4.72. The number of likely N-dealkylation sites (N-methyl/N-ethyl adjacent to an activating group) is 1. The highest BCUT2D eigenvalue weighted by Gasteiger charge is 2.55. The van der Waals surface area contributed by atoms with E-state index in [9.17, 15) is 0 Å². The number of nitrogens with one attached hydrogen (secondary N) is 2. The zero-order valence-electron chi connectivity index (χ0n) is 14.7. The molecule has 0 radical (unpaired) electrons. The van der Waals surface area contributed by atoms with Crippen LogP contribution in [0.5, 0.6) is 0 Å². The summed E-state index contributed by atoms with van der Waals surface area (Å²) in [7, 11) is 2.20. The molecule has 0 aliphatic carbocycles. The van der Waals surface area contributed by atoms with E-state index in [4.69, 9.17) is 0 Å². The van der Waals surface area contributed by atoms with Crippen LogP contribution < -0.4 is 0 Å². The minimum atomic E-state index is 0.277. The molecule has 4 heterocycles. The van der Waals surface area contributed by atoms with E-state index in [0.717, 1.165) is 49.9 Å². The lowest BCUT2D eigenvalue weighted by Crippen LogP contribution is -2.59. The summed E-state index contributed by atoms with van der Waals surface area (Å²) in [5.41, 5.74) is 2.53. The van der Waals surface area contributed by atoms with Crippen LogP contribution in [0.2, 0.25) is 0 Å². The first-order chi connectivity index (χ1) is 12.1. The molecule has 7 heteroatoms. The van der Waals surface area contributed by atoms with Crippen molar-refractivity contribution >= 4 is 10.9 Å². The Labute approximate surface area is 146 Å². The smallest absolute Gasteiger partial charge is 0.155 e. The number of benzene rings is 1. The number of aromatic amines is 2. The number of hydrogen-bond acceptors (Lipinski definition) is 5. The molecule has 5 rings (SSSR count). The average molecular weight is 337 g/mol. The van der Waals surface area contributed by atoms with Gasteiger partial charge in [0.2, 0.25) is 0 Å². The largest absolute Gasteiger partial charge is 0.305 e. The lowest BCUT2D eigenvalue weighted by molar-refractivity contribution is -0.00996. The van der Waals surface area contributed by atoms with E-state index in [1.54, 1.807) is 0 Å². The van der Waals surface area contributed by atoms with Crippen LogP contribution in [0.1, 0.15) is 23.3 Å². The van der Waals surface area contributed by atoms with Gasteiger partial charge >= 0.3 is 0 Å². The molecule has 2 fully saturated rings. The van der Waals surface area contributed by atoms with Crippen molar-refractivity contribution in [2.45, 2.75) is 19.4 Å². The van der Waals surface area contributed by atoms with Crippen LogP contribution >= 0.6 is 0 Å². The van der Waals surface area contributed by atoms with Crippen molar-refractivity contribution < 1.29 is 0 Å². The van der Waals surface area contributed by atoms with Crippen LogP contribution in [-0.4, -0.2) is 68.4 Å². The maximum absolute atomic E-state index is 4.62. The van der Waals surface area contributed by atoms with E-state index in [2.05, 4.69) is 60.4 Å². The summed E-state index contributed by atoms with van der Waals surface area (Å²) < 4.78 is 0. The standard InChI is InChI=1S/C18H23N7/c1-12-19-17(23-20-12)14-7-24(2)9-18(14)10-25(11-18)8-16-13-5-3-4-6-15(13)21-22-16/h3-6,14H,7-11H2,1-2H3,(H,21,22)(H,19,20,23). The Balaban J connectivity index is 1.34. The van der Waals surface area contributed by atoms with Gasteiger partial charge in [-0.3, -0.25) is 15.1 Å². The quantitative estimate of drug-likeness (QED) is 0.758. The summed E-state index contributed by atoms with van der Waals surface area (Å²) >= 11 is 0. The third kappa shape index (κ3) is 2.38. The SMILES string of the molecule is Cc1nc(C2CN(C)CC23CN(Cc2[nH]nc4ccccc24)C3)n[nH]1. The molecule has 2 N–H and O–H groups in total. The molecule has 1 atom stereocenters. The third-order valence-corrected chi connectivity index (χ3v) is 5.74. The Morgan fingerprint density at radius 2 is 2.00 bits per heavy atom. The molecule has 2 aliphatic rings. The fourth-order valence-electron chi connectivity index (χ4n) is 4.72. The first-order valence-corrected chi connectivity index (χ1v) is 8.85. The number of fused-ring (bicyclic) bond motifs is 1. The number of para-hydroxylation sites is 1. The summed E-state index contributed by atoms with van der Waals surface area (Å²) in [6.45, 7) is 7.22. The lowest BCUT2D eigenvalue weighted by atomic mass is 9.71. The van der Waals surface area contributed by atoms with Gasteiger partial charge in [0.15, 0.2) is 5.82 Å². The number of rotatable bonds is 3. The Bertz CT molecular complexity index is 905. The first kappa shape index (κ1) is 15.0. The van der Waals surface area contributed by atoms with Crippen LogP contribution in [0.15, 0.2) is 24.3 Å². The van der Waals surface area contributed by atoms with Gasteiger partial charge in [-0.25, -0.2) is 4.98 Å². The van der Waals surface area contributed by atoms with E-state index in [1.807, 2.05) is 13.0 Å². The van der Waals surface area contributed by atoms with Gasteiger partial charge in [0, 0.05) is 49.4 Å². The molecule has 0 amide bonds. The molecule has 0 saturated carbocycles. The lowest BCUT2D eigenvalue weighted by Gasteiger charge is -2.50. The monoisotopic (exact) mass is 337 g/mol. The van der Waals surface area contributed by atoms with Crippen LogP contribution in [-0.2, 0) is 6.54 Å². The fraction of sp³-hybridized carbons (Fsp3) is 0.500. The van der Waals surface area contributed by atoms with Crippen molar-refractivity contribution in [1.29, 1.82) is 0 Å². The molecular weight excluding hydrogens is 314 g/mol. The number of aromatic nitrogens is 5. The molecule has 1 spiro atoms. The predicted octanol–water partition coefficient (Wildman–Crippen LogP) is 1.52. The summed E-state index contributed by atoms with van der Waals surface area (Å²) in [6, 6.07) is 8.31. The van der Waals surface area contributed by atoms with Crippen molar-refractivity contribution in [1.82, 2.24) is 35.2 Å². The molecule has 1 aromatic carbocycles. The van der Waals surface area contributed by atoms with Crippen LogP contribution in [0.4, 0.5) is 0 Å². The zero-order valence-corrected chi connectivity index (χ0v) is 14.7. The zero-order chi connectivity index (χ0) is 17.0. The van der Waals surface area contributed by atoms with Crippen LogP contribution in [0.3, 0.4) is 0 Å². The van der Waals surface area contributed by atoms with Crippen molar-refractivity contribution in [3.63, 3.8) is 0 Å². The topological polar surface area (TPSA) is 76.7 Å². The van der Waals surface area contributed by atoms with Gasteiger partial charge < -0.3 is 4.90 Å². The molecule has 3 aromatic rings. The molecule has 2 aliphatic heterocycles. The number of nitrogens with zero attached hydrogens (tertiary/aromatic N) is 5. The van der Waals surface area contributed by atoms with Crippen LogP contribution in [0, 0.1) is 12.3 Å². The van der Waals surface area contributed by atoms with E-state index in [1.165, 1.54) is 11.1 Å². The highest BCUT2D eigenvalue weighted by molar-refractivity contribution is 5.81. The minimum absolute atomic E-state index is 0.277. The van der Waals surface area contributed by atoms with Gasteiger partial charge in [0.25, 0.3) is 0 Å². The van der Waals surface area contributed by atoms with Crippen molar-refractivity contribution in [2.24, 2.45) is 5.41 Å². The van der Waals surface area contributed by atoms with Gasteiger partial charge in [0.05, 0.1) is 11.2 Å². The molecule has 7 nitrogen and oxygen atoms in total. The molecule has 25 heavy (non-hydrogen) atoms. The summed E-state index contributed by atoms with van der Waals surface area (Å²) in [5.74, 6) is 2.30. The molecule has 1 unspecified atom stereocenters. The second-order valence-corrected chi connectivity index (χ2v) is 7.76.